The normalized spacial score (nSPS) is 13.2. The topological polar surface area (TPSA) is 52.0 Å². The van der Waals surface area contributed by atoms with Gasteiger partial charge in [0.2, 0.25) is 0 Å². The summed E-state index contributed by atoms with van der Waals surface area (Å²) in [6.07, 6.45) is 1.91. The van der Waals surface area contributed by atoms with Crippen molar-refractivity contribution in [3.63, 3.8) is 0 Å². The molecule has 1 aromatic heterocycles. The van der Waals surface area contributed by atoms with Crippen LogP contribution in [0.1, 0.15) is 23.8 Å². The van der Waals surface area contributed by atoms with Crippen LogP contribution in [0.15, 0.2) is 12.1 Å². The summed E-state index contributed by atoms with van der Waals surface area (Å²) in [5.74, 6) is 0. The molecule has 68 valence electrons. The summed E-state index contributed by atoms with van der Waals surface area (Å²) < 4.78 is 0.799. The van der Waals surface area contributed by atoms with E-state index in [-0.39, 0.29) is 6.04 Å². The molecule has 1 heterocycles. The third kappa shape index (κ3) is 2.75. The van der Waals surface area contributed by atoms with Gasteiger partial charge in [-0.05, 0) is 31.5 Å². The van der Waals surface area contributed by atoms with Crippen LogP contribution in [0.4, 0.5) is 0 Å². The fourth-order valence-electron chi connectivity index (χ4n) is 1.01. The number of rotatable bonds is 4. The molecule has 0 amide bonds. The lowest BCUT2D eigenvalue weighted by molar-refractivity contribution is 0.626. The monoisotopic (exact) mass is 204 g/mol. The summed E-state index contributed by atoms with van der Waals surface area (Å²) in [6, 6.07) is 3.96. The van der Waals surface area contributed by atoms with Gasteiger partial charge in [-0.2, -0.15) is 0 Å². The van der Waals surface area contributed by atoms with Crippen LogP contribution in [0, 0.1) is 0 Å². The van der Waals surface area contributed by atoms with Crippen LogP contribution >= 0.6 is 22.9 Å². The van der Waals surface area contributed by atoms with Crippen molar-refractivity contribution in [1.29, 1.82) is 0 Å². The number of nitrogens with two attached hydrogens (primary N) is 2. The first-order valence-corrected chi connectivity index (χ1v) is 5.14. The van der Waals surface area contributed by atoms with Gasteiger partial charge in [0.25, 0.3) is 0 Å². The Kier molecular flexibility index (Phi) is 4.01. The zero-order valence-electron chi connectivity index (χ0n) is 6.79. The van der Waals surface area contributed by atoms with Crippen molar-refractivity contribution >= 4 is 22.9 Å². The maximum Gasteiger partial charge on any atom is 0.0931 e. The van der Waals surface area contributed by atoms with Crippen molar-refractivity contribution in [3.8, 4) is 0 Å². The van der Waals surface area contributed by atoms with E-state index in [0.29, 0.717) is 6.54 Å². The minimum Gasteiger partial charge on any atom is -0.330 e. The van der Waals surface area contributed by atoms with Crippen molar-refractivity contribution < 1.29 is 0 Å². The van der Waals surface area contributed by atoms with Crippen LogP contribution in [0.5, 0.6) is 0 Å². The molecule has 1 rings (SSSR count). The maximum absolute atomic E-state index is 5.89. The average Bonchev–Trinajstić information content (AvgIpc) is 2.47. The molecule has 0 radical (unpaired) electrons. The zero-order chi connectivity index (χ0) is 8.97. The molecule has 0 bridgehead atoms. The molecule has 0 fully saturated rings. The van der Waals surface area contributed by atoms with Crippen LogP contribution < -0.4 is 11.5 Å². The van der Waals surface area contributed by atoms with Crippen molar-refractivity contribution in [2.24, 2.45) is 11.5 Å². The molecule has 2 nitrogen and oxygen atoms in total. The highest BCUT2D eigenvalue weighted by atomic mass is 35.5. The summed E-state index contributed by atoms with van der Waals surface area (Å²) in [5.41, 5.74) is 11.3. The summed E-state index contributed by atoms with van der Waals surface area (Å²) in [7, 11) is 0. The Hall–Kier alpha value is -0.0900. The van der Waals surface area contributed by atoms with Gasteiger partial charge in [-0.1, -0.05) is 11.6 Å². The van der Waals surface area contributed by atoms with Crippen molar-refractivity contribution in [2.75, 3.05) is 6.54 Å². The van der Waals surface area contributed by atoms with E-state index in [1.54, 1.807) is 11.3 Å². The first-order valence-electron chi connectivity index (χ1n) is 3.95. The van der Waals surface area contributed by atoms with Gasteiger partial charge in [-0.3, -0.25) is 0 Å². The van der Waals surface area contributed by atoms with Gasteiger partial charge in [0.15, 0.2) is 0 Å². The highest BCUT2D eigenvalue weighted by Gasteiger charge is 2.07. The molecular weight excluding hydrogens is 192 g/mol. The predicted octanol–water partition coefficient (Wildman–Crippen LogP) is 2.14. The van der Waals surface area contributed by atoms with E-state index in [1.165, 1.54) is 0 Å². The Morgan fingerprint density at radius 2 is 2.25 bits per heavy atom. The molecule has 0 saturated heterocycles. The lowest BCUT2D eigenvalue weighted by Crippen LogP contribution is -2.10. The van der Waals surface area contributed by atoms with Gasteiger partial charge >= 0.3 is 0 Å². The molecule has 1 aromatic rings. The molecule has 0 aliphatic heterocycles. The van der Waals surface area contributed by atoms with E-state index in [2.05, 4.69) is 0 Å². The fourth-order valence-corrected chi connectivity index (χ4v) is 2.10. The quantitative estimate of drug-likeness (QED) is 0.790. The lowest BCUT2D eigenvalue weighted by Gasteiger charge is -2.07. The first kappa shape index (κ1) is 9.99. The highest BCUT2D eigenvalue weighted by molar-refractivity contribution is 7.16. The molecule has 0 saturated carbocycles. The van der Waals surface area contributed by atoms with E-state index >= 15 is 0 Å². The molecule has 0 aliphatic rings. The average molecular weight is 205 g/mol. The Morgan fingerprint density at radius 1 is 1.50 bits per heavy atom. The Bertz CT molecular complexity index is 237. The summed E-state index contributed by atoms with van der Waals surface area (Å²) in [5, 5.41) is 0. The van der Waals surface area contributed by atoms with Crippen LogP contribution in [0.2, 0.25) is 4.34 Å². The second-order valence-corrected chi connectivity index (χ2v) is 4.43. The molecule has 0 unspecified atom stereocenters. The predicted molar refractivity (Wildman–Crippen MR) is 54.5 cm³/mol. The minimum atomic E-state index is 0.103. The third-order valence-corrected chi connectivity index (χ3v) is 3.04. The van der Waals surface area contributed by atoms with Gasteiger partial charge < -0.3 is 11.5 Å². The Morgan fingerprint density at radius 3 is 2.75 bits per heavy atom. The summed E-state index contributed by atoms with van der Waals surface area (Å²) in [6.45, 7) is 0.701. The standard InChI is InChI=1S/C8H13ClN2S/c9-8-4-3-7(12-8)6(11)2-1-5-10/h3-4,6H,1-2,5,10-11H2/t6-/m1/s1. The van der Waals surface area contributed by atoms with E-state index in [9.17, 15) is 0 Å². The van der Waals surface area contributed by atoms with Gasteiger partial charge in [-0.25, -0.2) is 0 Å². The van der Waals surface area contributed by atoms with Crippen molar-refractivity contribution in [1.82, 2.24) is 0 Å². The molecular formula is C8H13ClN2S. The third-order valence-electron chi connectivity index (χ3n) is 1.68. The zero-order valence-corrected chi connectivity index (χ0v) is 8.37. The lowest BCUT2D eigenvalue weighted by atomic mass is 10.1. The van der Waals surface area contributed by atoms with Crippen LogP contribution in [0.3, 0.4) is 0 Å². The van der Waals surface area contributed by atoms with Crippen LogP contribution in [0.25, 0.3) is 0 Å². The van der Waals surface area contributed by atoms with Crippen molar-refractivity contribution in [3.05, 3.63) is 21.3 Å². The fraction of sp³-hybridized carbons (Fsp3) is 0.500. The molecule has 0 aromatic carbocycles. The van der Waals surface area contributed by atoms with Gasteiger partial charge in [0, 0.05) is 10.9 Å². The van der Waals surface area contributed by atoms with Crippen molar-refractivity contribution in [2.45, 2.75) is 18.9 Å². The van der Waals surface area contributed by atoms with Crippen LogP contribution in [-0.4, -0.2) is 6.54 Å². The highest BCUT2D eigenvalue weighted by Crippen LogP contribution is 2.27. The largest absolute Gasteiger partial charge is 0.330 e. The number of hydrogen-bond donors (Lipinski definition) is 2. The minimum absolute atomic E-state index is 0.103. The maximum atomic E-state index is 5.89. The molecule has 4 N–H and O–H groups in total. The van der Waals surface area contributed by atoms with E-state index < -0.39 is 0 Å². The smallest absolute Gasteiger partial charge is 0.0931 e. The van der Waals surface area contributed by atoms with Gasteiger partial charge in [0.05, 0.1) is 4.34 Å². The molecule has 12 heavy (non-hydrogen) atoms. The number of hydrogen-bond acceptors (Lipinski definition) is 3. The SMILES string of the molecule is NCCC[C@@H](N)c1ccc(Cl)s1. The molecule has 4 heteroatoms. The summed E-state index contributed by atoms with van der Waals surface area (Å²) in [4.78, 5) is 1.15. The Balaban J connectivity index is 2.47. The van der Waals surface area contributed by atoms with Gasteiger partial charge in [0.1, 0.15) is 0 Å². The second kappa shape index (κ2) is 4.82. The molecule has 1 atom stereocenters. The first-order chi connectivity index (χ1) is 5.74. The van der Waals surface area contributed by atoms with Crippen LogP contribution in [-0.2, 0) is 0 Å². The van der Waals surface area contributed by atoms with E-state index in [4.69, 9.17) is 23.1 Å². The van der Waals surface area contributed by atoms with Gasteiger partial charge in [-0.15, -0.1) is 11.3 Å². The number of thiophene rings is 1. The summed E-state index contributed by atoms with van der Waals surface area (Å²) >= 11 is 7.32. The van der Waals surface area contributed by atoms with E-state index in [0.717, 1.165) is 22.1 Å². The molecule has 0 aliphatic carbocycles. The Labute approximate surface area is 81.5 Å². The van der Waals surface area contributed by atoms with E-state index in [1.807, 2.05) is 12.1 Å². The molecule has 0 spiro atoms. The second-order valence-electron chi connectivity index (χ2n) is 2.68. The number of halogens is 1.